The van der Waals surface area contributed by atoms with Gasteiger partial charge in [-0.2, -0.15) is 0 Å². The van der Waals surface area contributed by atoms with E-state index in [-0.39, 0.29) is 11.3 Å². The van der Waals surface area contributed by atoms with Gasteiger partial charge in [0.25, 0.3) is 0 Å². The van der Waals surface area contributed by atoms with Gasteiger partial charge >= 0.3 is 0 Å². The largest absolute Gasteiger partial charge is 0.495 e. The van der Waals surface area contributed by atoms with Crippen LogP contribution in [0.3, 0.4) is 0 Å². The zero-order chi connectivity index (χ0) is 23.1. The van der Waals surface area contributed by atoms with E-state index in [1.165, 1.54) is 0 Å². The van der Waals surface area contributed by atoms with E-state index in [2.05, 4.69) is 26.1 Å². The average molecular weight is 491 g/mol. The molecule has 2 atom stereocenters. The number of anilines is 1. The number of benzene rings is 2. The van der Waals surface area contributed by atoms with Crippen LogP contribution in [0.2, 0.25) is 15.1 Å². The van der Waals surface area contributed by atoms with Gasteiger partial charge in [0.2, 0.25) is 5.91 Å². The molecule has 1 heterocycles. The van der Waals surface area contributed by atoms with Crippen molar-refractivity contribution in [3.8, 4) is 5.75 Å². The molecule has 5 rings (SSSR count). The zero-order valence-electron chi connectivity index (χ0n) is 18.1. The first kappa shape index (κ1) is 21.7. The summed E-state index contributed by atoms with van der Waals surface area (Å²) < 4.78 is 5.44. The lowest BCUT2D eigenvalue weighted by molar-refractivity contribution is -0.125. The van der Waals surface area contributed by atoms with Crippen molar-refractivity contribution < 1.29 is 9.53 Å². The molecule has 0 spiro atoms. The number of nitrogens with one attached hydrogen (secondary N) is 1. The van der Waals surface area contributed by atoms with Crippen LogP contribution < -0.4 is 10.1 Å². The maximum Gasteiger partial charge on any atom is 0.237 e. The highest BCUT2D eigenvalue weighted by Crippen LogP contribution is 2.70. The van der Waals surface area contributed by atoms with Crippen molar-refractivity contribution in [3.63, 3.8) is 0 Å². The molecule has 166 valence electrons. The van der Waals surface area contributed by atoms with Gasteiger partial charge in [0.1, 0.15) is 5.75 Å². The molecule has 2 aliphatic carbocycles. The number of ether oxygens (including phenoxy) is 1. The van der Waals surface area contributed by atoms with E-state index < -0.39 is 10.8 Å². The van der Waals surface area contributed by atoms with E-state index in [9.17, 15) is 4.79 Å². The number of fused-ring (bicyclic) bond motifs is 6. The van der Waals surface area contributed by atoms with Gasteiger partial charge in [0, 0.05) is 10.4 Å². The highest BCUT2D eigenvalue weighted by molar-refractivity contribution is 6.42. The summed E-state index contributed by atoms with van der Waals surface area (Å²) in [4.78, 5) is 23.9. The van der Waals surface area contributed by atoms with Crippen LogP contribution in [0.15, 0.2) is 30.3 Å². The van der Waals surface area contributed by atoms with Gasteiger partial charge in [-0.05, 0) is 48.6 Å². The number of aromatic nitrogens is 2. The van der Waals surface area contributed by atoms with Crippen LogP contribution in [-0.4, -0.2) is 23.0 Å². The fourth-order valence-electron chi connectivity index (χ4n) is 5.61. The smallest absolute Gasteiger partial charge is 0.237 e. The number of methoxy groups -OCH3 is 1. The molecule has 1 fully saturated rings. The van der Waals surface area contributed by atoms with Crippen LogP contribution in [0.5, 0.6) is 5.75 Å². The number of nitrogens with zero attached hydrogens (tertiary/aromatic N) is 2. The van der Waals surface area contributed by atoms with Gasteiger partial charge < -0.3 is 10.1 Å². The summed E-state index contributed by atoms with van der Waals surface area (Å²) in [6, 6.07) is 8.60. The van der Waals surface area contributed by atoms with Crippen LogP contribution in [0.4, 0.5) is 5.69 Å². The quantitative estimate of drug-likeness (QED) is 0.451. The average Bonchev–Trinajstić information content (AvgIpc) is 3.03. The third-order valence-corrected chi connectivity index (χ3v) is 8.83. The maximum atomic E-state index is 14.0. The minimum absolute atomic E-state index is 0.140. The summed E-state index contributed by atoms with van der Waals surface area (Å²) in [7, 11) is 1.56. The molecule has 2 bridgehead atoms. The second-order valence-electron chi connectivity index (χ2n) is 9.34. The van der Waals surface area contributed by atoms with Crippen molar-refractivity contribution in [1.82, 2.24) is 9.97 Å². The predicted octanol–water partition coefficient (Wildman–Crippen LogP) is 6.57. The lowest BCUT2D eigenvalue weighted by Crippen LogP contribution is -2.48. The Labute approximate surface area is 201 Å². The molecule has 2 aliphatic rings. The maximum absolute atomic E-state index is 14.0. The van der Waals surface area contributed by atoms with Crippen LogP contribution in [0.25, 0.3) is 11.0 Å². The molecule has 1 amide bonds. The molecule has 8 heteroatoms. The summed E-state index contributed by atoms with van der Waals surface area (Å²) >= 11 is 18.7. The van der Waals surface area contributed by atoms with Gasteiger partial charge in [-0.3, -0.25) is 4.79 Å². The Kier molecular flexibility index (Phi) is 4.73. The second-order valence-corrected chi connectivity index (χ2v) is 10.6. The molecule has 5 nitrogen and oxygen atoms in total. The number of halogens is 3. The Bertz CT molecular complexity index is 1310. The topological polar surface area (TPSA) is 64.1 Å². The van der Waals surface area contributed by atoms with Gasteiger partial charge in [-0.1, -0.05) is 55.6 Å². The molecule has 3 aromatic rings. The summed E-state index contributed by atoms with van der Waals surface area (Å²) in [5.41, 5.74) is 1.79. The Hall–Kier alpha value is -2.08. The number of carbonyl (C=O) groups is 1. The molecule has 2 aromatic carbocycles. The molecular weight excluding hydrogens is 469 g/mol. The number of rotatable bonds is 3. The second kappa shape index (κ2) is 6.96. The van der Waals surface area contributed by atoms with E-state index in [1.807, 2.05) is 0 Å². The highest BCUT2D eigenvalue weighted by Gasteiger charge is 2.73. The first-order valence-corrected chi connectivity index (χ1v) is 11.5. The van der Waals surface area contributed by atoms with E-state index >= 15 is 0 Å². The fourth-order valence-corrected chi connectivity index (χ4v) is 6.10. The Balaban J connectivity index is 1.70. The number of hydrogen-bond acceptors (Lipinski definition) is 4. The van der Waals surface area contributed by atoms with Crippen LogP contribution >= 0.6 is 34.8 Å². The Morgan fingerprint density at radius 2 is 1.59 bits per heavy atom. The van der Waals surface area contributed by atoms with Gasteiger partial charge in [0.15, 0.2) is 0 Å². The molecular formula is C24H22Cl3N3O2. The van der Waals surface area contributed by atoms with Crippen LogP contribution in [-0.2, 0) is 15.6 Å². The van der Waals surface area contributed by atoms with Gasteiger partial charge in [-0.25, -0.2) is 9.97 Å². The summed E-state index contributed by atoms with van der Waals surface area (Å²) in [6.45, 7) is 6.43. The molecule has 0 saturated heterocycles. The van der Waals surface area contributed by atoms with Crippen molar-refractivity contribution in [1.29, 1.82) is 0 Å². The number of carbonyl (C=O) groups excluding carboxylic acids is 1. The van der Waals surface area contributed by atoms with Crippen LogP contribution in [0, 0.1) is 5.41 Å². The Morgan fingerprint density at radius 3 is 2.22 bits per heavy atom. The standard InChI is InChI=1S/C24H22Cl3N3O2/c1-22(2)23(3)7-8-24(22,21(31)30-17-9-12(25)5-6-18(17)32-4)20-19(23)28-15-10-13(26)14(27)11-16(15)29-20/h5-6,9-11H,7-8H2,1-4H3,(H,30,31). The van der Waals surface area contributed by atoms with E-state index in [0.29, 0.717) is 49.7 Å². The predicted molar refractivity (Wildman–Crippen MR) is 128 cm³/mol. The minimum Gasteiger partial charge on any atom is -0.495 e. The molecule has 1 N–H and O–H groups in total. The van der Waals surface area contributed by atoms with E-state index in [1.54, 1.807) is 37.4 Å². The third kappa shape index (κ3) is 2.62. The number of amides is 1. The van der Waals surface area contributed by atoms with Crippen molar-refractivity contribution in [2.75, 3.05) is 12.4 Å². The van der Waals surface area contributed by atoms with Crippen molar-refractivity contribution in [2.24, 2.45) is 5.41 Å². The lowest BCUT2D eigenvalue weighted by Gasteiger charge is -2.39. The first-order valence-electron chi connectivity index (χ1n) is 10.4. The van der Waals surface area contributed by atoms with Crippen LogP contribution in [0.1, 0.15) is 45.0 Å². The molecule has 1 aromatic heterocycles. The fraction of sp³-hybridized carbons (Fsp3) is 0.375. The highest BCUT2D eigenvalue weighted by atomic mass is 35.5. The zero-order valence-corrected chi connectivity index (χ0v) is 20.4. The SMILES string of the molecule is COc1ccc(Cl)cc1NC(=O)C12CCC(C)(c3nc4cc(Cl)c(Cl)cc4nc31)C2(C)C. The summed E-state index contributed by atoms with van der Waals surface area (Å²) in [5.74, 6) is 0.404. The minimum atomic E-state index is -0.863. The van der Waals surface area contributed by atoms with E-state index in [0.717, 1.165) is 12.1 Å². The molecule has 0 aliphatic heterocycles. The third-order valence-electron chi connectivity index (χ3n) is 7.88. The molecule has 2 unspecified atom stereocenters. The van der Waals surface area contributed by atoms with Gasteiger partial charge in [-0.15, -0.1) is 0 Å². The van der Waals surface area contributed by atoms with Crippen molar-refractivity contribution >= 4 is 57.4 Å². The summed E-state index contributed by atoms with van der Waals surface area (Å²) in [5, 5.41) is 4.43. The first-order chi connectivity index (χ1) is 15.0. The molecule has 1 saturated carbocycles. The molecule has 0 radical (unpaired) electrons. The molecule has 32 heavy (non-hydrogen) atoms. The van der Waals surface area contributed by atoms with Crippen molar-refractivity contribution in [2.45, 2.75) is 44.4 Å². The monoisotopic (exact) mass is 489 g/mol. The van der Waals surface area contributed by atoms with Crippen molar-refractivity contribution in [3.05, 3.63) is 56.8 Å². The lowest BCUT2D eigenvalue weighted by atomic mass is 9.63. The summed E-state index contributed by atoms with van der Waals surface area (Å²) in [6.07, 6.45) is 1.49. The van der Waals surface area contributed by atoms with Gasteiger partial charge in [0.05, 0.1) is 50.7 Å². The van der Waals surface area contributed by atoms with E-state index in [4.69, 9.17) is 49.5 Å². The number of hydrogen-bond donors (Lipinski definition) is 1. The normalized spacial score (nSPS) is 25.1. The Morgan fingerprint density at radius 1 is 0.969 bits per heavy atom.